The highest BCUT2D eigenvalue weighted by atomic mass is 16.5. The molecule has 0 saturated carbocycles. The van der Waals surface area contributed by atoms with Crippen LogP contribution in [-0.4, -0.2) is 43.3 Å². The predicted molar refractivity (Wildman–Crippen MR) is 66.4 cm³/mol. The quantitative estimate of drug-likeness (QED) is 0.779. The van der Waals surface area contributed by atoms with Crippen molar-refractivity contribution in [3.8, 4) is 6.07 Å². The lowest BCUT2D eigenvalue weighted by molar-refractivity contribution is -0.135. The maximum Gasteiger partial charge on any atom is 0.238 e. The van der Waals surface area contributed by atoms with Crippen LogP contribution >= 0.6 is 0 Å². The normalized spacial score (nSPS) is 37.9. The third-order valence-electron chi connectivity index (χ3n) is 4.22. The van der Waals surface area contributed by atoms with Crippen molar-refractivity contribution in [1.82, 2.24) is 10.2 Å². The molecule has 2 aliphatic heterocycles. The second kappa shape index (κ2) is 5.68. The van der Waals surface area contributed by atoms with Gasteiger partial charge in [0.15, 0.2) is 0 Å². The van der Waals surface area contributed by atoms with Gasteiger partial charge in [-0.3, -0.25) is 9.69 Å². The summed E-state index contributed by atoms with van der Waals surface area (Å²) in [6.45, 7) is 7.33. The Kier molecular flexibility index (Phi) is 4.20. The zero-order valence-corrected chi connectivity index (χ0v) is 11.1. The van der Waals surface area contributed by atoms with Crippen molar-refractivity contribution in [2.75, 3.05) is 26.3 Å². The molecule has 2 heterocycles. The first-order valence-electron chi connectivity index (χ1n) is 6.70. The van der Waals surface area contributed by atoms with Crippen LogP contribution in [-0.2, 0) is 9.53 Å². The molecule has 0 aromatic carbocycles. The van der Waals surface area contributed by atoms with Crippen LogP contribution in [0.5, 0.6) is 0 Å². The van der Waals surface area contributed by atoms with E-state index in [1.54, 1.807) is 0 Å². The van der Waals surface area contributed by atoms with Crippen molar-refractivity contribution in [3.05, 3.63) is 0 Å². The zero-order chi connectivity index (χ0) is 13.1. The average molecular weight is 251 g/mol. The van der Waals surface area contributed by atoms with E-state index in [1.165, 1.54) is 0 Å². The number of carbonyl (C=O) groups is 1. The van der Waals surface area contributed by atoms with Crippen molar-refractivity contribution < 1.29 is 9.53 Å². The van der Waals surface area contributed by atoms with Gasteiger partial charge in [0, 0.05) is 13.1 Å². The molecule has 5 nitrogen and oxygen atoms in total. The van der Waals surface area contributed by atoms with Gasteiger partial charge < -0.3 is 10.1 Å². The minimum atomic E-state index is -0.498. The summed E-state index contributed by atoms with van der Waals surface area (Å²) in [4.78, 5) is 14.3. The van der Waals surface area contributed by atoms with E-state index in [-0.39, 0.29) is 18.0 Å². The highest BCUT2D eigenvalue weighted by Crippen LogP contribution is 2.32. The fourth-order valence-corrected chi connectivity index (χ4v) is 3.14. The van der Waals surface area contributed by atoms with E-state index in [9.17, 15) is 4.79 Å². The van der Waals surface area contributed by atoms with Crippen molar-refractivity contribution >= 4 is 5.91 Å². The van der Waals surface area contributed by atoms with E-state index in [1.807, 2.05) is 0 Å². The first-order chi connectivity index (χ1) is 8.69. The standard InChI is InChI=1S/C13H21N3O2/c1-3-10-9(2)12(15-13(17)11(10)8-14)16-4-6-18-7-5-16/h9-12H,3-7H2,1-2H3,(H,15,17). The maximum atomic E-state index is 12.0. The van der Waals surface area contributed by atoms with Crippen molar-refractivity contribution in [3.63, 3.8) is 0 Å². The minimum Gasteiger partial charge on any atom is -0.379 e. The van der Waals surface area contributed by atoms with Gasteiger partial charge in [-0.25, -0.2) is 0 Å². The van der Waals surface area contributed by atoms with Crippen molar-refractivity contribution in [1.29, 1.82) is 5.26 Å². The Morgan fingerprint density at radius 2 is 2.17 bits per heavy atom. The van der Waals surface area contributed by atoms with Gasteiger partial charge in [-0.05, 0) is 11.8 Å². The summed E-state index contributed by atoms with van der Waals surface area (Å²) in [5, 5.41) is 12.1. The molecule has 0 aromatic rings. The molecule has 2 fully saturated rings. The molecule has 2 rings (SSSR count). The first kappa shape index (κ1) is 13.3. The fraction of sp³-hybridized carbons (Fsp3) is 0.846. The number of carbonyl (C=O) groups excluding carboxylic acids is 1. The van der Waals surface area contributed by atoms with Gasteiger partial charge in [0.2, 0.25) is 5.91 Å². The second-order valence-corrected chi connectivity index (χ2v) is 5.14. The number of hydrogen-bond acceptors (Lipinski definition) is 4. The summed E-state index contributed by atoms with van der Waals surface area (Å²) in [6.07, 6.45) is 0.921. The number of nitrogens with one attached hydrogen (secondary N) is 1. The van der Waals surface area contributed by atoms with E-state index < -0.39 is 5.92 Å². The summed E-state index contributed by atoms with van der Waals surface area (Å²) in [6, 6.07) is 2.15. The van der Waals surface area contributed by atoms with Gasteiger partial charge in [-0.2, -0.15) is 5.26 Å². The minimum absolute atomic E-state index is 0.0518. The summed E-state index contributed by atoms with van der Waals surface area (Å²) in [7, 11) is 0. The van der Waals surface area contributed by atoms with Crippen molar-refractivity contribution in [2.24, 2.45) is 17.8 Å². The molecule has 0 bridgehead atoms. The van der Waals surface area contributed by atoms with Crippen LogP contribution in [0.2, 0.25) is 0 Å². The molecule has 0 aromatic heterocycles. The number of morpholine rings is 1. The van der Waals surface area contributed by atoms with Gasteiger partial charge in [0.05, 0.1) is 25.4 Å². The van der Waals surface area contributed by atoms with Crippen LogP contribution in [0, 0.1) is 29.1 Å². The Bertz CT molecular complexity index is 347. The molecular weight excluding hydrogens is 230 g/mol. The van der Waals surface area contributed by atoms with Crippen LogP contribution in [0.3, 0.4) is 0 Å². The van der Waals surface area contributed by atoms with Crippen LogP contribution < -0.4 is 5.32 Å². The number of rotatable bonds is 2. The Hall–Kier alpha value is -1.12. The third kappa shape index (κ3) is 2.36. The number of nitrogens with zero attached hydrogens (tertiary/aromatic N) is 2. The lowest BCUT2D eigenvalue weighted by Gasteiger charge is -2.45. The SMILES string of the molecule is CCC1C(C#N)C(=O)NC(N2CCOCC2)C1C. The van der Waals surface area contributed by atoms with E-state index in [2.05, 4.69) is 30.1 Å². The summed E-state index contributed by atoms with van der Waals surface area (Å²) in [5.41, 5.74) is 0. The average Bonchev–Trinajstić information content (AvgIpc) is 2.41. The zero-order valence-electron chi connectivity index (χ0n) is 11.1. The first-order valence-corrected chi connectivity index (χ1v) is 6.70. The largest absolute Gasteiger partial charge is 0.379 e. The number of hydrogen-bond donors (Lipinski definition) is 1. The van der Waals surface area contributed by atoms with Crippen LogP contribution in [0.1, 0.15) is 20.3 Å². The monoisotopic (exact) mass is 251 g/mol. The van der Waals surface area contributed by atoms with Gasteiger partial charge in [0.25, 0.3) is 0 Å². The van der Waals surface area contributed by atoms with Crippen molar-refractivity contribution in [2.45, 2.75) is 26.4 Å². The smallest absolute Gasteiger partial charge is 0.238 e. The second-order valence-electron chi connectivity index (χ2n) is 5.14. The van der Waals surface area contributed by atoms with E-state index in [0.29, 0.717) is 5.92 Å². The summed E-state index contributed by atoms with van der Waals surface area (Å²) in [5.74, 6) is -0.159. The van der Waals surface area contributed by atoms with E-state index in [4.69, 9.17) is 10.00 Å². The summed E-state index contributed by atoms with van der Waals surface area (Å²) >= 11 is 0. The summed E-state index contributed by atoms with van der Waals surface area (Å²) < 4.78 is 5.34. The van der Waals surface area contributed by atoms with Gasteiger partial charge in [-0.1, -0.05) is 20.3 Å². The van der Waals surface area contributed by atoms with E-state index in [0.717, 1.165) is 32.7 Å². The van der Waals surface area contributed by atoms with Gasteiger partial charge in [-0.15, -0.1) is 0 Å². The molecule has 18 heavy (non-hydrogen) atoms. The molecule has 4 unspecified atom stereocenters. The number of piperidine rings is 1. The van der Waals surface area contributed by atoms with Crippen LogP contribution in [0.15, 0.2) is 0 Å². The molecule has 0 spiro atoms. The molecule has 1 N–H and O–H groups in total. The topological polar surface area (TPSA) is 65.4 Å². The molecular formula is C13H21N3O2. The lowest BCUT2D eigenvalue weighted by atomic mass is 9.76. The molecule has 4 atom stereocenters. The number of nitriles is 1. The Balaban J connectivity index is 2.13. The van der Waals surface area contributed by atoms with Gasteiger partial charge in [0.1, 0.15) is 5.92 Å². The number of ether oxygens (including phenoxy) is 1. The molecule has 5 heteroatoms. The van der Waals surface area contributed by atoms with E-state index >= 15 is 0 Å². The molecule has 100 valence electrons. The molecule has 2 aliphatic rings. The molecule has 1 amide bonds. The number of amides is 1. The maximum absolute atomic E-state index is 12.0. The lowest BCUT2D eigenvalue weighted by Crippen LogP contribution is -2.62. The Morgan fingerprint density at radius 3 is 2.72 bits per heavy atom. The van der Waals surface area contributed by atoms with Crippen LogP contribution in [0.25, 0.3) is 0 Å². The van der Waals surface area contributed by atoms with Crippen LogP contribution in [0.4, 0.5) is 0 Å². The van der Waals surface area contributed by atoms with Gasteiger partial charge >= 0.3 is 0 Å². The third-order valence-corrected chi connectivity index (χ3v) is 4.22. The molecule has 0 radical (unpaired) electrons. The highest BCUT2D eigenvalue weighted by molar-refractivity contribution is 5.82. The fourth-order valence-electron chi connectivity index (χ4n) is 3.14. The predicted octanol–water partition coefficient (Wildman–Crippen LogP) is 0.577. The Morgan fingerprint density at radius 1 is 1.50 bits per heavy atom. The highest BCUT2D eigenvalue weighted by Gasteiger charge is 2.43. The molecule has 2 saturated heterocycles. The molecule has 0 aliphatic carbocycles. The Labute approximate surface area is 108 Å².